The summed E-state index contributed by atoms with van der Waals surface area (Å²) in [5, 5.41) is 11.0. The summed E-state index contributed by atoms with van der Waals surface area (Å²) in [5.74, 6) is -1.28. The van der Waals surface area contributed by atoms with Crippen LogP contribution in [0, 0.1) is 10.1 Å². The van der Waals surface area contributed by atoms with Gasteiger partial charge >= 0.3 is 5.97 Å². The van der Waals surface area contributed by atoms with Crippen molar-refractivity contribution in [2.45, 2.75) is 6.10 Å². The molecule has 8 nitrogen and oxygen atoms in total. The van der Waals surface area contributed by atoms with Crippen LogP contribution in [0.25, 0.3) is 0 Å². The third-order valence-corrected chi connectivity index (χ3v) is 3.46. The van der Waals surface area contributed by atoms with E-state index in [0.29, 0.717) is 5.56 Å². The van der Waals surface area contributed by atoms with Gasteiger partial charge in [0.25, 0.3) is 11.6 Å². The summed E-state index contributed by atoms with van der Waals surface area (Å²) in [6.45, 7) is 0. The smallest absolute Gasteiger partial charge is 0.339 e. The van der Waals surface area contributed by atoms with Gasteiger partial charge in [0.05, 0.1) is 10.5 Å². The molecule has 0 spiro atoms. The van der Waals surface area contributed by atoms with Gasteiger partial charge in [0.1, 0.15) is 5.69 Å². The van der Waals surface area contributed by atoms with Gasteiger partial charge in [-0.1, -0.05) is 30.3 Å². The SMILES string of the molecule is CN(C)C(=O)C(OC(=O)c1ccc(N)c([N+](=O)[O-])c1)c1ccccc1. The summed E-state index contributed by atoms with van der Waals surface area (Å²) in [6, 6.07) is 12.1. The number of carbonyl (C=O) groups excluding carboxylic acids is 2. The number of nitrogens with zero attached hydrogens (tertiary/aromatic N) is 2. The van der Waals surface area contributed by atoms with Gasteiger partial charge in [-0.3, -0.25) is 14.9 Å². The van der Waals surface area contributed by atoms with Crippen LogP contribution in [-0.4, -0.2) is 35.8 Å². The van der Waals surface area contributed by atoms with E-state index in [-0.39, 0.29) is 11.3 Å². The molecule has 0 aliphatic rings. The molecule has 0 bridgehead atoms. The monoisotopic (exact) mass is 343 g/mol. The Kier molecular flexibility index (Phi) is 5.33. The van der Waals surface area contributed by atoms with Gasteiger partial charge in [-0.25, -0.2) is 4.79 Å². The molecule has 0 aliphatic carbocycles. The summed E-state index contributed by atoms with van der Waals surface area (Å²) < 4.78 is 5.33. The minimum atomic E-state index is -1.15. The predicted octanol–water partition coefficient (Wildman–Crippen LogP) is 2.16. The highest BCUT2D eigenvalue weighted by atomic mass is 16.6. The maximum absolute atomic E-state index is 12.4. The van der Waals surface area contributed by atoms with Crippen LogP contribution < -0.4 is 5.73 Å². The molecule has 2 aromatic carbocycles. The van der Waals surface area contributed by atoms with Crippen molar-refractivity contribution in [1.82, 2.24) is 4.90 Å². The second-order valence-electron chi connectivity index (χ2n) is 5.46. The molecule has 1 unspecified atom stereocenters. The molecule has 2 rings (SSSR count). The van der Waals surface area contributed by atoms with E-state index in [2.05, 4.69) is 0 Å². The molecule has 25 heavy (non-hydrogen) atoms. The second kappa shape index (κ2) is 7.43. The average molecular weight is 343 g/mol. The molecular formula is C17H17N3O5. The Balaban J connectivity index is 2.33. The number of amides is 1. The molecule has 0 radical (unpaired) electrons. The molecule has 8 heteroatoms. The standard InChI is InChI=1S/C17H17N3O5/c1-19(2)16(21)15(11-6-4-3-5-7-11)25-17(22)12-8-9-13(18)14(10-12)20(23)24/h3-10,15H,18H2,1-2H3. The van der Waals surface area contributed by atoms with E-state index in [1.165, 1.54) is 17.0 Å². The number of anilines is 1. The number of nitro benzene ring substituents is 1. The van der Waals surface area contributed by atoms with E-state index in [1.807, 2.05) is 0 Å². The van der Waals surface area contributed by atoms with Crippen LogP contribution in [0.2, 0.25) is 0 Å². The van der Waals surface area contributed by atoms with Gasteiger partial charge in [-0.2, -0.15) is 0 Å². The fourth-order valence-electron chi connectivity index (χ4n) is 2.13. The lowest BCUT2D eigenvalue weighted by Crippen LogP contribution is -2.31. The molecule has 1 atom stereocenters. The molecule has 0 fully saturated rings. The average Bonchev–Trinajstić information content (AvgIpc) is 2.59. The van der Waals surface area contributed by atoms with Crippen molar-refractivity contribution < 1.29 is 19.2 Å². The molecule has 2 aromatic rings. The number of esters is 1. The van der Waals surface area contributed by atoms with E-state index >= 15 is 0 Å². The number of rotatable bonds is 5. The summed E-state index contributed by atoms with van der Waals surface area (Å²) in [5.41, 5.74) is 5.49. The number of nitro groups is 1. The summed E-state index contributed by atoms with van der Waals surface area (Å²) in [6.07, 6.45) is -1.15. The Hall–Kier alpha value is -3.42. The van der Waals surface area contributed by atoms with Crippen molar-refractivity contribution in [3.8, 4) is 0 Å². The van der Waals surface area contributed by atoms with Crippen molar-refractivity contribution >= 4 is 23.3 Å². The number of carbonyl (C=O) groups is 2. The molecule has 0 heterocycles. The Morgan fingerprint density at radius 2 is 1.80 bits per heavy atom. The van der Waals surface area contributed by atoms with E-state index in [1.54, 1.807) is 44.4 Å². The maximum atomic E-state index is 12.4. The van der Waals surface area contributed by atoms with E-state index in [0.717, 1.165) is 6.07 Å². The molecule has 0 aliphatic heterocycles. The van der Waals surface area contributed by atoms with Gasteiger partial charge in [0.15, 0.2) is 0 Å². The highest BCUT2D eigenvalue weighted by Crippen LogP contribution is 2.25. The second-order valence-corrected chi connectivity index (χ2v) is 5.46. The Labute approximate surface area is 144 Å². The van der Waals surface area contributed by atoms with Crippen molar-refractivity contribution in [1.29, 1.82) is 0 Å². The maximum Gasteiger partial charge on any atom is 0.339 e. The zero-order valence-corrected chi connectivity index (χ0v) is 13.7. The number of hydrogen-bond acceptors (Lipinski definition) is 6. The highest BCUT2D eigenvalue weighted by molar-refractivity contribution is 5.94. The third kappa shape index (κ3) is 4.11. The van der Waals surface area contributed by atoms with Crippen molar-refractivity contribution in [3.05, 3.63) is 69.8 Å². The van der Waals surface area contributed by atoms with Crippen LogP contribution in [0.3, 0.4) is 0 Å². The van der Waals surface area contributed by atoms with Crippen molar-refractivity contribution in [2.24, 2.45) is 0 Å². The third-order valence-electron chi connectivity index (χ3n) is 3.46. The topological polar surface area (TPSA) is 116 Å². The summed E-state index contributed by atoms with van der Waals surface area (Å²) >= 11 is 0. The van der Waals surface area contributed by atoms with E-state index < -0.39 is 28.6 Å². The van der Waals surface area contributed by atoms with Crippen LogP contribution in [0.4, 0.5) is 11.4 Å². The lowest BCUT2D eigenvalue weighted by molar-refractivity contribution is -0.383. The first-order valence-corrected chi connectivity index (χ1v) is 7.32. The minimum Gasteiger partial charge on any atom is -0.444 e. The van der Waals surface area contributed by atoms with Crippen molar-refractivity contribution in [3.63, 3.8) is 0 Å². The molecule has 0 aromatic heterocycles. The molecule has 1 amide bonds. The van der Waals surface area contributed by atoms with Crippen LogP contribution in [0.15, 0.2) is 48.5 Å². The Morgan fingerprint density at radius 1 is 1.16 bits per heavy atom. The van der Waals surface area contributed by atoms with E-state index in [9.17, 15) is 19.7 Å². The van der Waals surface area contributed by atoms with Gasteiger partial charge < -0.3 is 15.4 Å². The number of ether oxygens (including phenoxy) is 1. The van der Waals surface area contributed by atoms with Crippen LogP contribution >= 0.6 is 0 Å². The molecule has 2 N–H and O–H groups in total. The van der Waals surface area contributed by atoms with Gasteiger partial charge in [-0.05, 0) is 12.1 Å². The van der Waals surface area contributed by atoms with E-state index in [4.69, 9.17) is 10.5 Å². The van der Waals surface area contributed by atoms with Crippen LogP contribution in [0.5, 0.6) is 0 Å². The first-order chi connectivity index (χ1) is 11.8. The number of nitrogens with two attached hydrogens (primary N) is 1. The zero-order valence-electron chi connectivity index (χ0n) is 13.7. The molecule has 130 valence electrons. The molecular weight excluding hydrogens is 326 g/mol. The normalized spacial score (nSPS) is 11.4. The van der Waals surface area contributed by atoms with Crippen LogP contribution in [-0.2, 0) is 9.53 Å². The minimum absolute atomic E-state index is 0.0617. The lowest BCUT2D eigenvalue weighted by Gasteiger charge is -2.21. The van der Waals surface area contributed by atoms with Gasteiger partial charge in [-0.15, -0.1) is 0 Å². The first kappa shape index (κ1) is 17.9. The van der Waals surface area contributed by atoms with Gasteiger partial charge in [0, 0.05) is 25.7 Å². The summed E-state index contributed by atoms with van der Waals surface area (Å²) in [7, 11) is 3.08. The fourth-order valence-corrected chi connectivity index (χ4v) is 2.13. The largest absolute Gasteiger partial charge is 0.444 e. The molecule has 0 saturated heterocycles. The van der Waals surface area contributed by atoms with Gasteiger partial charge in [0.2, 0.25) is 6.10 Å². The molecule has 0 saturated carbocycles. The number of hydrogen-bond donors (Lipinski definition) is 1. The zero-order chi connectivity index (χ0) is 18.6. The Bertz CT molecular complexity index is 805. The summed E-state index contributed by atoms with van der Waals surface area (Å²) in [4.78, 5) is 36.3. The fraction of sp³-hybridized carbons (Fsp3) is 0.176. The predicted molar refractivity (Wildman–Crippen MR) is 90.8 cm³/mol. The highest BCUT2D eigenvalue weighted by Gasteiger charge is 2.27. The Morgan fingerprint density at radius 3 is 2.36 bits per heavy atom. The quantitative estimate of drug-likeness (QED) is 0.385. The number of nitrogen functional groups attached to an aromatic ring is 1. The lowest BCUT2D eigenvalue weighted by atomic mass is 10.1. The van der Waals surface area contributed by atoms with Crippen molar-refractivity contribution in [2.75, 3.05) is 19.8 Å². The van der Waals surface area contributed by atoms with Crippen LogP contribution in [0.1, 0.15) is 22.0 Å². The first-order valence-electron chi connectivity index (χ1n) is 7.32. The number of likely N-dealkylation sites (N-methyl/N-ethyl adjacent to an activating group) is 1. The number of benzene rings is 2.